The normalized spacial score (nSPS) is 12.9. The van der Waals surface area contributed by atoms with Crippen LogP contribution in [-0.4, -0.2) is 31.6 Å². The van der Waals surface area contributed by atoms with Gasteiger partial charge in [0.05, 0.1) is 13.3 Å². The minimum atomic E-state index is -2.28. The largest absolute Gasteiger partial charge is 0.496 e. The SMILES string of the molecule is COc1ccc(/C=N/O)cc1CC(C)(C)[Si](C)(C)O. The lowest BCUT2D eigenvalue weighted by atomic mass is 9.99. The summed E-state index contributed by atoms with van der Waals surface area (Å²) in [6.45, 7) is 8.04. The van der Waals surface area contributed by atoms with Crippen molar-refractivity contribution in [3.05, 3.63) is 29.3 Å². The van der Waals surface area contributed by atoms with Crippen LogP contribution in [0.1, 0.15) is 25.0 Å². The van der Waals surface area contributed by atoms with Crippen LogP contribution in [0.3, 0.4) is 0 Å². The molecule has 0 amide bonds. The second-order valence-electron chi connectivity index (χ2n) is 5.94. The summed E-state index contributed by atoms with van der Waals surface area (Å²) in [4.78, 5) is 10.4. The third-order valence-corrected chi connectivity index (χ3v) is 7.29. The van der Waals surface area contributed by atoms with Gasteiger partial charge in [0.15, 0.2) is 8.32 Å². The quantitative estimate of drug-likeness (QED) is 0.377. The van der Waals surface area contributed by atoms with Crippen molar-refractivity contribution in [3.8, 4) is 5.75 Å². The van der Waals surface area contributed by atoms with Crippen LogP contribution in [0, 0.1) is 0 Å². The van der Waals surface area contributed by atoms with E-state index in [0.29, 0.717) is 0 Å². The summed E-state index contributed by atoms with van der Waals surface area (Å²) in [5.74, 6) is 0.793. The summed E-state index contributed by atoms with van der Waals surface area (Å²) in [6.07, 6.45) is 2.11. The smallest absolute Gasteiger partial charge is 0.188 e. The number of hydrogen-bond acceptors (Lipinski definition) is 4. The number of methoxy groups -OCH3 is 1. The molecule has 0 heterocycles. The van der Waals surface area contributed by atoms with Crippen molar-refractivity contribution in [1.82, 2.24) is 0 Å². The fourth-order valence-electron chi connectivity index (χ4n) is 1.78. The van der Waals surface area contributed by atoms with Crippen molar-refractivity contribution in [3.63, 3.8) is 0 Å². The van der Waals surface area contributed by atoms with Gasteiger partial charge in [0.2, 0.25) is 0 Å². The Morgan fingerprint density at radius 3 is 2.47 bits per heavy atom. The van der Waals surface area contributed by atoms with Gasteiger partial charge in [-0.2, -0.15) is 0 Å². The van der Waals surface area contributed by atoms with Gasteiger partial charge in [-0.25, -0.2) is 0 Å². The zero-order valence-corrected chi connectivity index (χ0v) is 13.3. The maximum Gasteiger partial charge on any atom is 0.188 e. The van der Waals surface area contributed by atoms with Crippen LogP contribution < -0.4 is 4.74 Å². The van der Waals surface area contributed by atoms with Gasteiger partial charge in [-0.05, 0) is 53.9 Å². The highest BCUT2D eigenvalue weighted by Crippen LogP contribution is 2.40. The molecule has 0 aromatic heterocycles. The molecule has 0 radical (unpaired) electrons. The summed E-state index contributed by atoms with van der Waals surface area (Å²) in [5.41, 5.74) is 1.83. The van der Waals surface area contributed by atoms with Crippen LogP contribution in [0.2, 0.25) is 18.1 Å². The molecule has 1 aromatic carbocycles. The Morgan fingerprint density at radius 1 is 1.37 bits per heavy atom. The van der Waals surface area contributed by atoms with E-state index < -0.39 is 8.32 Å². The summed E-state index contributed by atoms with van der Waals surface area (Å²) in [6, 6.07) is 5.62. The van der Waals surface area contributed by atoms with Crippen molar-refractivity contribution in [2.45, 2.75) is 38.4 Å². The van der Waals surface area contributed by atoms with Gasteiger partial charge in [0.25, 0.3) is 0 Å². The maximum atomic E-state index is 10.4. The summed E-state index contributed by atoms with van der Waals surface area (Å²) in [5, 5.41) is 11.5. The van der Waals surface area contributed by atoms with E-state index in [1.54, 1.807) is 7.11 Å². The highest BCUT2D eigenvalue weighted by Gasteiger charge is 2.38. The molecule has 0 aliphatic rings. The zero-order valence-electron chi connectivity index (χ0n) is 12.3. The van der Waals surface area contributed by atoms with Crippen LogP contribution in [-0.2, 0) is 6.42 Å². The molecule has 0 unspecified atom stereocenters. The van der Waals surface area contributed by atoms with E-state index in [2.05, 4.69) is 19.0 Å². The maximum absolute atomic E-state index is 10.4. The Hall–Kier alpha value is -1.33. The van der Waals surface area contributed by atoms with Crippen molar-refractivity contribution < 1.29 is 14.7 Å². The Kier molecular flexibility index (Phi) is 4.76. The van der Waals surface area contributed by atoms with Crippen molar-refractivity contribution in [1.29, 1.82) is 0 Å². The molecule has 0 saturated heterocycles. The van der Waals surface area contributed by atoms with Crippen LogP contribution in [0.5, 0.6) is 5.75 Å². The molecule has 5 heteroatoms. The first-order chi connectivity index (χ1) is 8.71. The molecular weight excluding hydrogens is 258 g/mol. The van der Waals surface area contributed by atoms with Gasteiger partial charge in [0, 0.05) is 0 Å². The third-order valence-electron chi connectivity index (χ3n) is 3.80. The fourth-order valence-corrected chi connectivity index (χ4v) is 2.40. The number of rotatable bonds is 5. The third kappa shape index (κ3) is 3.81. The molecule has 4 nitrogen and oxygen atoms in total. The predicted molar refractivity (Wildman–Crippen MR) is 79.8 cm³/mol. The molecule has 0 bridgehead atoms. The van der Waals surface area contributed by atoms with E-state index in [9.17, 15) is 4.80 Å². The minimum Gasteiger partial charge on any atom is -0.496 e. The standard InChI is InChI=1S/C14H23NO3Si/c1-14(2,19(4,5)17)9-12-8-11(10-15-16)6-7-13(12)18-3/h6-8,10,16-17H,9H2,1-5H3/b15-10+. The van der Waals surface area contributed by atoms with Crippen molar-refractivity contribution in [2.24, 2.45) is 5.16 Å². The van der Waals surface area contributed by atoms with E-state index in [0.717, 1.165) is 23.3 Å². The number of ether oxygens (including phenoxy) is 1. The molecule has 0 atom stereocenters. The Balaban J connectivity index is 3.14. The lowest BCUT2D eigenvalue weighted by Gasteiger charge is -2.35. The van der Waals surface area contributed by atoms with Crippen LogP contribution in [0.15, 0.2) is 23.4 Å². The van der Waals surface area contributed by atoms with Crippen molar-refractivity contribution in [2.75, 3.05) is 7.11 Å². The number of nitrogens with zero attached hydrogens (tertiary/aromatic N) is 1. The molecule has 0 fully saturated rings. The average molecular weight is 281 g/mol. The Labute approximate surface area is 115 Å². The molecule has 1 rings (SSSR count). The first kappa shape index (κ1) is 15.7. The molecule has 0 spiro atoms. The topological polar surface area (TPSA) is 62.0 Å². The van der Waals surface area contributed by atoms with Crippen molar-refractivity contribution >= 4 is 14.5 Å². The monoisotopic (exact) mass is 281 g/mol. The molecule has 0 aliphatic carbocycles. The van der Waals surface area contributed by atoms with Gasteiger partial charge in [-0.15, -0.1) is 0 Å². The van der Waals surface area contributed by atoms with E-state index in [-0.39, 0.29) is 5.04 Å². The zero-order chi connectivity index (χ0) is 14.7. The lowest BCUT2D eigenvalue weighted by Crippen LogP contribution is -2.40. The molecule has 1 aromatic rings. The van der Waals surface area contributed by atoms with Gasteiger partial charge in [0.1, 0.15) is 5.75 Å². The molecule has 106 valence electrons. The van der Waals surface area contributed by atoms with Gasteiger partial charge in [-0.3, -0.25) is 0 Å². The lowest BCUT2D eigenvalue weighted by molar-refractivity contribution is 0.322. The van der Waals surface area contributed by atoms with E-state index in [1.807, 2.05) is 31.3 Å². The van der Waals surface area contributed by atoms with E-state index >= 15 is 0 Å². The second-order valence-corrected chi connectivity index (χ2v) is 10.4. The first-order valence-electron chi connectivity index (χ1n) is 6.28. The molecule has 0 saturated carbocycles. The highest BCUT2D eigenvalue weighted by molar-refractivity contribution is 6.72. The van der Waals surface area contributed by atoms with Gasteiger partial charge >= 0.3 is 0 Å². The Morgan fingerprint density at radius 2 is 2.00 bits per heavy atom. The summed E-state index contributed by atoms with van der Waals surface area (Å²) in [7, 11) is -0.646. The highest BCUT2D eigenvalue weighted by atomic mass is 28.4. The van der Waals surface area contributed by atoms with Gasteiger partial charge < -0.3 is 14.7 Å². The number of hydrogen-bond donors (Lipinski definition) is 2. The van der Waals surface area contributed by atoms with Crippen LogP contribution in [0.25, 0.3) is 0 Å². The second kappa shape index (κ2) is 5.75. The molecule has 2 N–H and O–H groups in total. The molecular formula is C14H23NO3Si. The van der Waals surface area contributed by atoms with Gasteiger partial charge in [-0.1, -0.05) is 19.0 Å². The van der Waals surface area contributed by atoms with Crippen LogP contribution >= 0.6 is 0 Å². The van der Waals surface area contributed by atoms with E-state index in [1.165, 1.54) is 6.21 Å². The fraction of sp³-hybridized carbons (Fsp3) is 0.500. The first-order valence-corrected chi connectivity index (χ1v) is 9.23. The predicted octanol–water partition coefficient (Wildman–Crippen LogP) is 3.02. The molecule has 19 heavy (non-hydrogen) atoms. The van der Waals surface area contributed by atoms with Crippen LogP contribution in [0.4, 0.5) is 0 Å². The van der Waals surface area contributed by atoms with E-state index in [4.69, 9.17) is 9.94 Å². The number of oxime groups is 1. The average Bonchev–Trinajstić information content (AvgIpc) is 2.28. The Bertz CT molecular complexity index is 464. The number of benzene rings is 1. The summed E-state index contributed by atoms with van der Waals surface area (Å²) >= 11 is 0. The molecule has 0 aliphatic heterocycles. The summed E-state index contributed by atoms with van der Waals surface area (Å²) < 4.78 is 5.36. The minimum absolute atomic E-state index is 0.171.